The van der Waals surface area contributed by atoms with Crippen molar-refractivity contribution < 1.29 is 4.74 Å². The molecule has 1 heterocycles. The zero-order chi connectivity index (χ0) is 13.3. The van der Waals surface area contributed by atoms with Crippen molar-refractivity contribution in [2.24, 2.45) is 5.92 Å². The lowest BCUT2D eigenvalue weighted by molar-refractivity contribution is -0.0600. The van der Waals surface area contributed by atoms with E-state index >= 15 is 0 Å². The molecule has 0 atom stereocenters. The van der Waals surface area contributed by atoms with Crippen molar-refractivity contribution in [1.29, 1.82) is 0 Å². The monoisotopic (exact) mass is 250 g/mol. The van der Waals surface area contributed by atoms with Gasteiger partial charge in [0.25, 0.3) is 5.56 Å². The predicted octanol–water partition coefficient (Wildman–Crippen LogP) is 2.44. The Morgan fingerprint density at radius 2 is 1.94 bits per heavy atom. The van der Waals surface area contributed by atoms with Crippen molar-refractivity contribution >= 4 is 0 Å². The Balaban J connectivity index is 2.42. The maximum absolute atomic E-state index is 11.9. The molecule has 1 saturated carbocycles. The third-order valence-electron chi connectivity index (χ3n) is 4.30. The van der Waals surface area contributed by atoms with Crippen LogP contribution in [0.1, 0.15) is 49.7 Å². The summed E-state index contributed by atoms with van der Waals surface area (Å²) in [6, 6.07) is 0. The van der Waals surface area contributed by atoms with Gasteiger partial charge in [-0.15, -0.1) is 0 Å². The molecule has 0 spiro atoms. The van der Waals surface area contributed by atoms with E-state index in [2.05, 4.69) is 16.9 Å². The molecule has 0 unspecified atom stereocenters. The Kier molecular flexibility index (Phi) is 3.57. The van der Waals surface area contributed by atoms with Crippen LogP contribution in [-0.4, -0.2) is 17.1 Å². The van der Waals surface area contributed by atoms with Crippen LogP contribution in [0.3, 0.4) is 0 Å². The molecule has 0 aromatic carbocycles. The van der Waals surface area contributed by atoms with Gasteiger partial charge in [0.05, 0.1) is 0 Å². The minimum atomic E-state index is -0.399. The molecule has 1 aromatic rings. The van der Waals surface area contributed by atoms with Gasteiger partial charge in [0, 0.05) is 18.4 Å². The van der Waals surface area contributed by atoms with Crippen molar-refractivity contribution in [1.82, 2.24) is 9.97 Å². The van der Waals surface area contributed by atoms with E-state index in [1.54, 1.807) is 14.0 Å². The van der Waals surface area contributed by atoms with Gasteiger partial charge in [-0.1, -0.05) is 6.92 Å². The summed E-state index contributed by atoms with van der Waals surface area (Å²) < 4.78 is 5.73. The average molecular weight is 250 g/mol. The highest BCUT2D eigenvalue weighted by molar-refractivity contribution is 5.17. The number of ether oxygens (including phenoxy) is 1. The minimum Gasteiger partial charge on any atom is -0.370 e. The zero-order valence-electron chi connectivity index (χ0n) is 11.7. The van der Waals surface area contributed by atoms with E-state index in [4.69, 9.17) is 4.74 Å². The summed E-state index contributed by atoms with van der Waals surface area (Å²) in [4.78, 5) is 19.3. The smallest absolute Gasteiger partial charge is 0.254 e. The fourth-order valence-electron chi connectivity index (χ4n) is 2.63. The number of hydrogen-bond donors (Lipinski definition) is 1. The summed E-state index contributed by atoms with van der Waals surface area (Å²) in [6.45, 7) is 5.94. The molecule has 1 N–H and O–H groups in total. The van der Waals surface area contributed by atoms with Gasteiger partial charge >= 0.3 is 0 Å². The number of aromatic nitrogens is 2. The fourth-order valence-corrected chi connectivity index (χ4v) is 2.63. The van der Waals surface area contributed by atoms with Crippen molar-refractivity contribution in [2.75, 3.05) is 7.11 Å². The first-order chi connectivity index (χ1) is 8.48. The molecule has 18 heavy (non-hydrogen) atoms. The lowest BCUT2D eigenvalue weighted by atomic mass is 9.79. The second kappa shape index (κ2) is 4.84. The summed E-state index contributed by atoms with van der Waals surface area (Å²) in [5.41, 5.74) is 1.04. The van der Waals surface area contributed by atoms with E-state index in [0.717, 1.165) is 37.3 Å². The van der Waals surface area contributed by atoms with Crippen LogP contribution in [0.25, 0.3) is 0 Å². The molecule has 4 nitrogen and oxygen atoms in total. The summed E-state index contributed by atoms with van der Waals surface area (Å²) in [6.07, 6.45) is 4.08. The van der Waals surface area contributed by atoms with E-state index in [1.807, 2.05) is 6.92 Å². The first-order valence-electron chi connectivity index (χ1n) is 6.61. The third-order valence-corrected chi connectivity index (χ3v) is 4.30. The summed E-state index contributed by atoms with van der Waals surface area (Å²) in [5, 5.41) is 0. The number of aryl methyl sites for hydroxylation is 1. The Morgan fingerprint density at radius 1 is 1.33 bits per heavy atom. The molecule has 0 bridgehead atoms. The number of nitrogens with zero attached hydrogens (tertiary/aromatic N) is 1. The molecule has 0 amide bonds. The topological polar surface area (TPSA) is 55.0 Å². The van der Waals surface area contributed by atoms with Gasteiger partial charge in [-0.3, -0.25) is 4.79 Å². The van der Waals surface area contributed by atoms with Gasteiger partial charge in [0.1, 0.15) is 11.4 Å². The Bertz CT molecular complexity index is 485. The lowest BCUT2D eigenvalue weighted by Crippen LogP contribution is -2.37. The van der Waals surface area contributed by atoms with Crippen molar-refractivity contribution in [3.63, 3.8) is 0 Å². The van der Waals surface area contributed by atoms with Crippen LogP contribution in [0, 0.1) is 19.8 Å². The van der Waals surface area contributed by atoms with E-state index in [-0.39, 0.29) is 5.56 Å². The number of H-pyrrole nitrogens is 1. The molecule has 0 radical (unpaired) electrons. The highest BCUT2D eigenvalue weighted by atomic mass is 16.5. The van der Waals surface area contributed by atoms with Crippen LogP contribution in [0.5, 0.6) is 0 Å². The number of nitrogens with one attached hydrogen (secondary N) is 1. The average Bonchev–Trinajstić information content (AvgIpc) is 2.37. The van der Waals surface area contributed by atoms with Gasteiger partial charge < -0.3 is 9.72 Å². The van der Waals surface area contributed by atoms with Gasteiger partial charge in [0.2, 0.25) is 0 Å². The van der Waals surface area contributed by atoms with Gasteiger partial charge in [-0.2, -0.15) is 0 Å². The first-order valence-corrected chi connectivity index (χ1v) is 6.61. The highest BCUT2D eigenvalue weighted by Crippen LogP contribution is 2.40. The van der Waals surface area contributed by atoms with Crippen LogP contribution in [0.2, 0.25) is 0 Å². The standard InChI is InChI=1S/C14H22N2O2/c1-9-5-7-14(18-4,8-6-9)13-15-11(3)10(2)12(17)16-13/h9H,5-8H2,1-4H3,(H,15,16,17). The summed E-state index contributed by atoms with van der Waals surface area (Å²) in [5.74, 6) is 1.43. The predicted molar refractivity (Wildman–Crippen MR) is 70.7 cm³/mol. The molecule has 1 aromatic heterocycles. The van der Waals surface area contributed by atoms with Gasteiger partial charge in [0.15, 0.2) is 0 Å². The molecule has 100 valence electrons. The van der Waals surface area contributed by atoms with Crippen LogP contribution in [-0.2, 0) is 10.3 Å². The molecular weight excluding hydrogens is 228 g/mol. The van der Waals surface area contributed by atoms with Crippen LogP contribution >= 0.6 is 0 Å². The SMILES string of the molecule is COC1(c2nc(C)c(C)c(=O)[nH]2)CCC(C)CC1. The molecule has 1 fully saturated rings. The number of hydrogen-bond acceptors (Lipinski definition) is 3. The number of rotatable bonds is 2. The van der Waals surface area contributed by atoms with Crippen LogP contribution < -0.4 is 5.56 Å². The van der Waals surface area contributed by atoms with Crippen LogP contribution in [0.4, 0.5) is 0 Å². The number of methoxy groups -OCH3 is 1. The van der Waals surface area contributed by atoms with E-state index in [0.29, 0.717) is 11.4 Å². The quantitative estimate of drug-likeness (QED) is 0.877. The van der Waals surface area contributed by atoms with E-state index in [1.165, 1.54) is 0 Å². The summed E-state index contributed by atoms with van der Waals surface area (Å²) in [7, 11) is 1.71. The second-order valence-corrected chi connectivity index (χ2v) is 5.51. The summed E-state index contributed by atoms with van der Waals surface area (Å²) >= 11 is 0. The molecule has 1 aliphatic carbocycles. The normalized spacial score (nSPS) is 28.3. The second-order valence-electron chi connectivity index (χ2n) is 5.51. The first kappa shape index (κ1) is 13.3. The fraction of sp³-hybridized carbons (Fsp3) is 0.714. The van der Waals surface area contributed by atoms with Crippen molar-refractivity contribution in [3.8, 4) is 0 Å². The molecule has 0 saturated heterocycles. The minimum absolute atomic E-state index is 0.0486. The largest absolute Gasteiger partial charge is 0.370 e. The van der Waals surface area contributed by atoms with Crippen molar-refractivity contribution in [2.45, 2.75) is 52.1 Å². The molecule has 4 heteroatoms. The van der Waals surface area contributed by atoms with Gasteiger partial charge in [-0.25, -0.2) is 4.98 Å². The highest BCUT2D eigenvalue weighted by Gasteiger charge is 2.38. The van der Waals surface area contributed by atoms with E-state index < -0.39 is 5.60 Å². The molecular formula is C14H22N2O2. The maximum Gasteiger partial charge on any atom is 0.254 e. The Morgan fingerprint density at radius 3 is 2.44 bits per heavy atom. The van der Waals surface area contributed by atoms with Crippen LogP contribution in [0.15, 0.2) is 4.79 Å². The lowest BCUT2D eigenvalue weighted by Gasteiger charge is -2.37. The molecule has 2 rings (SSSR count). The third kappa shape index (κ3) is 2.21. The maximum atomic E-state index is 11.9. The Labute approximate surface area is 108 Å². The van der Waals surface area contributed by atoms with Crippen molar-refractivity contribution in [3.05, 3.63) is 27.4 Å². The number of aromatic amines is 1. The Hall–Kier alpha value is -1.16. The molecule has 0 aliphatic heterocycles. The van der Waals surface area contributed by atoms with E-state index in [9.17, 15) is 4.79 Å². The molecule has 1 aliphatic rings. The van der Waals surface area contributed by atoms with Gasteiger partial charge in [-0.05, 0) is 45.4 Å². The zero-order valence-corrected chi connectivity index (χ0v) is 11.7.